The first-order valence-corrected chi connectivity index (χ1v) is 8.56. The lowest BCUT2D eigenvalue weighted by Crippen LogP contribution is -2.24. The molecule has 0 nitrogen and oxygen atoms in total. The first-order chi connectivity index (χ1) is 8.56. The van der Waals surface area contributed by atoms with Crippen LogP contribution in [0, 0.1) is 35.5 Å². The number of rotatable bonds is 3. The van der Waals surface area contributed by atoms with E-state index in [9.17, 15) is 0 Å². The average Bonchev–Trinajstić information content (AvgIpc) is 2.32. The molecule has 0 N–H and O–H groups in total. The molecular weight excluding hydrogens is 216 g/mol. The lowest BCUT2D eigenvalue weighted by Gasteiger charge is -2.36. The molecule has 0 heterocycles. The molecule has 2 aliphatic carbocycles. The van der Waals surface area contributed by atoms with Gasteiger partial charge in [-0.25, -0.2) is 0 Å². The molecule has 2 rings (SSSR count). The van der Waals surface area contributed by atoms with Gasteiger partial charge in [-0.1, -0.05) is 53.4 Å². The largest absolute Gasteiger partial charge is 0.0625 e. The lowest BCUT2D eigenvalue weighted by atomic mass is 9.70. The third-order valence-electron chi connectivity index (χ3n) is 6.26. The third kappa shape index (κ3) is 3.75. The van der Waals surface area contributed by atoms with Gasteiger partial charge in [-0.3, -0.25) is 0 Å². The van der Waals surface area contributed by atoms with Crippen LogP contribution in [-0.4, -0.2) is 0 Å². The summed E-state index contributed by atoms with van der Waals surface area (Å²) in [7, 11) is 0. The molecule has 0 heteroatoms. The summed E-state index contributed by atoms with van der Waals surface area (Å²) in [6.45, 7) is 9.87. The van der Waals surface area contributed by atoms with Crippen molar-refractivity contribution in [1.29, 1.82) is 0 Å². The summed E-state index contributed by atoms with van der Waals surface area (Å²) in [6, 6.07) is 0. The van der Waals surface area contributed by atoms with Crippen LogP contribution >= 0.6 is 0 Å². The van der Waals surface area contributed by atoms with Crippen molar-refractivity contribution in [2.24, 2.45) is 35.5 Å². The maximum Gasteiger partial charge on any atom is -0.0388 e. The molecule has 6 atom stereocenters. The Balaban J connectivity index is 1.71. The summed E-state index contributed by atoms with van der Waals surface area (Å²) in [5.41, 5.74) is 0. The van der Waals surface area contributed by atoms with Crippen molar-refractivity contribution >= 4 is 0 Å². The zero-order chi connectivity index (χ0) is 13.1. The van der Waals surface area contributed by atoms with Crippen molar-refractivity contribution in [3.63, 3.8) is 0 Å². The molecule has 0 radical (unpaired) electrons. The van der Waals surface area contributed by atoms with Gasteiger partial charge >= 0.3 is 0 Å². The molecule has 0 aliphatic heterocycles. The highest BCUT2D eigenvalue weighted by Gasteiger charge is 2.28. The smallest absolute Gasteiger partial charge is 0.0388 e. The summed E-state index contributed by atoms with van der Waals surface area (Å²) in [6.07, 6.45) is 12.1. The van der Waals surface area contributed by atoms with Gasteiger partial charge in [0.25, 0.3) is 0 Å². The first-order valence-electron chi connectivity index (χ1n) is 8.56. The molecule has 2 saturated carbocycles. The van der Waals surface area contributed by atoms with Crippen LogP contribution in [-0.2, 0) is 0 Å². The van der Waals surface area contributed by atoms with Crippen molar-refractivity contribution in [2.45, 2.75) is 79.1 Å². The Morgan fingerprint density at radius 2 is 1.44 bits per heavy atom. The Hall–Kier alpha value is 0. The Kier molecular flexibility index (Phi) is 5.15. The quantitative estimate of drug-likeness (QED) is 0.584. The normalized spacial score (nSPS) is 46.0. The van der Waals surface area contributed by atoms with Crippen LogP contribution < -0.4 is 0 Å². The van der Waals surface area contributed by atoms with Crippen molar-refractivity contribution in [1.82, 2.24) is 0 Å². The zero-order valence-electron chi connectivity index (χ0n) is 13.1. The maximum atomic E-state index is 2.51. The minimum Gasteiger partial charge on any atom is -0.0625 e. The van der Waals surface area contributed by atoms with Crippen LogP contribution in [0.4, 0.5) is 0 Å². The molecule has 0 saturated heterocycles. The fraction of sp³-hybridized carbons (Fsp3) is 1.00. The molecule has 6 unspecified atom stereocenters. The topological polar surface area (TPSA) is 0 Å². The van der Waals surface area contributed by atoms with Gasteiger partial charge in [0.15, 0.2) is 0 Å². The molecule has 2 fully saturated rings. The van der Waals surface area contributed by atoms with Crippen LogP contribution in [0.3, 0.4) is 0 Å². The van der Waals surface area contributed by atoms with Crippen LogP contribution in [0.1, 0.15) is 79.1 Å². The fourth-order valence-electron chi connectivity index (χ4n) is 4.53. The van der Waals surface area contributed by atoms with Gasteiger partial charge in [0.05, 0.1) is 0 Å². The van der Waals surface area contributed by atoms with E-state index in [1.54, 1.807) is 0 Å². The van der Waals surface area contributed by atoms with Gasteiger partial charge in [-0.05, 0) is 61.2 Å². The fourth-order valence-corrected chi connectivity index (χ4v) is 4.53. The van der Waals surface area contributed by atoms with Gasteiger partial charge in [0, 0.05) is 0 Å². The van der Waals surface area contributed by atoms with Crippen LogP contribution in [0.2, 0.25) is 0 Å². The van der Waals surface area contributed by atoms with Gasteiger partial charge in [0.2, 0.25) is 0 Å². The molecular formula is C18H34. The highest BCUT2D eigenvalue weighted by atomic mass is 14.3. The van der Waals surface area contributed by atoms with Crippen LogP contribution in [0.5, 0.6) is 0 Å². The van der Waals surface area contributed by atoms with Crippen molar-refractivity contribution < 1.29 is 0 Å². The van der Waals surface area contributed by atoms with E-state index in [-0.39, 0.29) is 0 Å². The molecule has 106 valence electrons. The average molecular weight is 250 g/mol. The van der Waals surface area contributed by atoms with Gasteiger partial charge in [-0.2, -0.15) is 0 Å². The lowest BCUT2D eigenvalue weighted by molar-refractivity contribution is 0.156. The first kappa shape index (κ1) is 14.4. The third-order valence-corrected chi connectivity index (χ3v) is 6.26. The van der Waals surface area contributed by atoms with Gasteiger partial charge < -0.3 is 0 Å². The van der Waals surface area contributed by atoms with E-state index in [0.29, 0.717) is 0 Å². The maximum absolute atomic E-state index is 2.51. The molecule has 18 heavy (non-hydrogen) atoms. The van der Waals surface area contributed by atoms with E-state index >= 15 is 0 Å². The predicted octanol–water partition coefficient (Wildman–Crippen LogP) is 5.91. The van der Waals surface area contributed by atoms with Crippen molar-refractivity contribution in [3.8, 4) is 0 Å². The van der Waals surface area contributed by atoms with Gasteiger partial charge in [-0.15, -0.1) is 0 Å². The second kappa shape index (κ2) is 6.44. The Labute approximate surface area is 115 Å². The molecule has 0 amide bonds. The SMILES string of the molecule is CC1CCC(CCC2CCC(C)C(C)C2)C(C)C1. The van der Waals surface area contributed by atoms with Crippen molar-refractivity contribution in [2.75, 3.05) is 0 Å². The van der Waals surface area contributed by atoms with E-state index in [0.717, 1.165) is 35.5 Å². The Morgan fingerprint density at radius 3 is 2.11 bits per heavy atom. The van der Waals surface area contributed by atoms with E-state index in [4.69, 9.17) is 0 Å². The number of hydrogen-bond donors (Lipinski definition) is 0. The molecule has 0 aromatic rings. The summed E-state index contributed by atoms with van der Waals surface area (Å²) in [5, 5.41) is 0. The Morgan fingerprint density at radius 1 is 0.667 bits per heavy atom. The van der Waals surface area contributed by atoms with Gasteiger partial charge in [0.1, 0.15) is 0 Å². The van der Waals surface area contributed by atoms with Crippen LogP contribution in [0.25, 0.3) is 0 Å². The molecule has 0 spiro atoms. The second-order valence-electron chi connectivity index (χ2n) is 7.87. The standard InChI is InChI=1S/C18H34/c1-13-5-9-18(16(4)11-13)10-8-17-7-6-14(2)15(3)12-17/h13-18H,5-12H2,1-4H3. The number of hydrogen-bond acceptors (Lipinski definition) is 0. The zero-order valence-corrected chi connectivity index (χ0v) is 13.1. The van der Waals surface area contributed by atoms with Crippen LogP contribution in [0.15, 0.2) is 0 Å². The minimum atomic E-state index is 0.979. The van der Waals surface area contributed by atoms with Crippen molar-refractivity contribution in [3.05, 3.63) is 0 Å². The monoisotopic (exact) mass is 250 g/mol. The second-order valence-corrected chi connectivity index (χ2v) is 7.87. The predicted molar refractivity (Wildman–Crippen MR) is 80.6 cm³/mol. The molecule has 0 aromatic carbocycles. The minimum absolute atomic E-state index is 0.979. The van der Waals surface area contributed by atoms with E-state index in [1.807, 2.05) is 0 Å². The highest BCUT2D eigenvalue weighted by Crippen LogP contribution is 2.40. The van der Waals surface area contributed by atoms with E-state index < -0.39 is 0 Å². The Bertz CT molecular complexity index is 244. The highest BCUT2D eigenvalue weighted by molar-refractivity contribution is 4.79. The molecule has 0 aromatic heterocycles. The summed E-state index contributed by atoms with van der Waals surface area (Å²) in [4.78, 5) is 0. The van der Waals surface area contributed by atoms with E-state index in [1.165, 1.54) is 51.4 Å². The summed E-state index contributed by atoms with van der Waals surface area (Å²) >= 11 is 0. The summed E-state index contributed by atoms with van der Waals surface area (Å²) in [5.74, 6) is 6.06. The molecule has 2 aliphatic rings. The molecule has 0 bridgehead atoms. The summed E-state index contributed by atoms with van der Waals surface area (Å²) < 4.78 is 0. The van der Waals surface area contributed by atoms with E-state index in [2.05, 4.69) is 27.7 Å².